The molecule has 3 aromatic carbocycles. The van der Waals surface area contributed by atoms with E-state index in [2.05, 4.69) is 20.9 Å². The van der Waals surface area contributed by atoms with Crippen molar-refractivity contribution in [1.29, 1.82) is 0 Å². The van der Waals surface area contributed by atoms with Crippen LogP contribution in [-0.2, 0) is 0 Å². The van der Waals surface area contributed by atoms with Crippen molar-refractivity contribution in [1.82, 2.24) is 4.98 Å². The largest absolute Gasteiger partial charge is 0.289 e. The molecule has 0 aliphatic rings. The van der Waals surface area contributed by atoms with Gasteiger partial charge in [-0.3, -0.25) is 9.59 Å². The van der Waals surface area contributed by atoms with Crippen molar-refractivity contribution in [3.8, 4) is 0 Å². The van der Waals surface area contributed by atoms with Crippen molar-refractivity contribution < 1.29 is 9.59 Å². The summed E-state index contributed by atoms with van der Waals surface area (Å²) in [5.74, 6) is -0.199. The van der Waals surface area contributed by atoms with Crippen LogP contribution in [-0.4, -0.2) is 16.6 Å². The van der Waals surface area contributed by atoms with Gasteiger partial charge in [0.05, 0.1) is 10.2 Å². The predicted molar refractivity (Wildman–Crippen MR) is 107 cm³/mol. The summed E-state index contributed by atoms with van der Waals surface area (Å²) in [5.41, 5.74) is 2.51. The van der Waals surface area contributed by atoms with Crippen LogP contribution >= 0.6 is 27.3 Å². The Bertz CT molecular complexity index is 1120. The topological polar surface area (TPSA) is 47.0 Å². The summed E-state index contributed by atoms with van der Waals surface area (Å²) >= 11 is 4.79. The van der Waals surface area contributed by atoms with E-state index in [0.717, 1.165) is 14.7 Å². The Hall–Kier alpha value is -2.63. The monoisotopic (exact) mass is 421 g/mol. The summed E-state index contributed by atoms with van der Waals surface area (Å²) in [5, 5.41) is 0.445. The van der Waals surface area contributed by atoms with E-state index in [1.165, 1.54) is 11.3 Å². The van der Waals surface area contributed by atoms with Crippen LogP contribution in [0.1, 0.15) is 31.3 Å². The number of aromatic nitrogens is 1. The predicted octanol–water partition coefficient (Wildman–Crippen LogP) is 5.52. The fraction of sp³-hybridized carbons (Fsp3) is 0. The molecule has 0 atom stereocenters. The molecule has 0 fully saturated rings. The summed E-state index contributed by atoms with van der Waals surface area (Å²) in [6.07, 6.45) is 0. The van der Waals surface area contributed by atoms with E-state index >= 15 is 0 Å². The van der Waals surface area contributed by atoms with Crippen LogP contribution in [0.15, 0.2) is 77.3 Å². The number of nitrogens with zero attached hydrogens (tertiary/aromatic N) is 1. The van der Waals surface area contributed by atoms with Gasteiger partial charge >= 0.3 is 0 Å². The van der Waals surface area contributed by atoms with Crippen LogP contribution in [0.3, 0.4) is 0 Å². The van der Waals surface area contributed by atoms with Gasteiger partial charge in [-0.1, -0.05) is 70.5 Å². The molecule has 0 N–H and O–H groups in total. The molecule has 0 amide bonds. The van der Waals surface area contributed by atoms with Crippen molar-refractivity contribution in [2.24, 2.45) is 0 Å². The first-order chi connectivity index (χ1) is 12.6. The number of fused-ring (bicyclic) bond motifs is 1. The molecule has 0 spiro atoms. The Labute approximate surface area is 162 Å². The van der Waals surface area contributed by atoms with E-state index in [-0.39, 0.29) is 11.6 Å². The normalized spacial score (nSPS) is 10.8. The third-order valence-corrected chi connectivity index (χ3v) is 5.50. The quantitative estimate of drug-likeness (QED) is 0.407. The molecule has 0 bridgehead atoms. The minimum Gasteiger partial charge on any atom is -0.289 e. The summed E-state index contributed by atoms with van der Waals surface area (Å²) < 4.78 is 1.91. The average molecular weight is 422 g/mol. The number of carbonyl (C=O) groups is 2. The summed E-state index contributed by atoms with van der Waals surface area (Å²) in [6, 6.07) is 21.6. The standard InChI is InChI=1S/C21H12BrNO2S/c22-16-10-11-17-18(12-16)26-21(23-17)20(25)15-8-6-14(7-9-15)19(24)13-4-2-1-3-5-13/h1-12H. The second kappa shape index (κ2) is 6.94. The first-order valence-electron chi connectivity index (χ1n) is 7.92. The number of carbonyl (C=O) groups excluding carboxylic acids is 2. The molecule has 1 aromatic heterocycles. The second-order valence-electron chi connectivity index (χ2n) is 5.73. The van der Waals surface area contributed by atoms with E-state index in [1.807, 2.05) is 36.4 Å². The van der Waals surface area contributed by atoms with E-state index in [0.29, 0.717) is 21.7 Å². The second-order valence-corrected chi connectivity index (χ2v) is 7.68. The highest BCUT2D eigenvalue weighted by Gasteiger charge is 2.16. The van der Waals surface area contributed by atoms with Gasteiger partial charge in [0.15, 0.2) is 10.8 Å². The average Bonchev–Trinajstić information content (AvgIpc) is 3.11. The Morgan fingerprint density at radius 2 is 1.38 bits per heavy atom. The molecule has 1 heterocycles. The highest BCUT2D eigenvalue weighted by molar-refractivity contribution is 9.10. The molecule has 4 aromatic rings. The van der Waals surface area contributed by atoms with Gasteiger partial charge in [-0.25, -0.2) is 4.98 Å². The molecular formula is C21H12BrNO2S. The lowest BCUT2D eigenvalue weighted by molar-refractivity contribution is 0.102. The molecule has 0 saturated carbocycles. The zero-order valence-electron chi connectivity index (χ0n) is 13.5. The molecule has 0 saturated heterocycles. The van der Waals surface area contributed by atoms with E-state index < -0.39 is 0 Å². The SMILES string of the molecule is O=C(c1ccccc1)c1ccc(C(=O)c2nc3ccc(Br)cc3s2)cc1. The van der Waals surface area contributed by atoms with Crippen LogP contribution in [0, 0.1) is 0 Å². The number of rotatable bonds is 4. The van der Waals surface area contributed by atoms with Crippen LogP contribution in [0.25, 0.3) is 10.2 Å². The molecule has 126 valence electrons. The highest BCUT2D eigenvalue weighted by Crippen LogP contribution is 2.27. The van der Waals surface area contributed by atoms with Crippen molar-refractivity contribution in [2.75, 3.05) is 0 Å². The minimum absolute atomic E-state index is 0.0607. The van der Waals surface area contributed by atoms with Gasteiger partial charge in [0, 0.05) is 21.2 Å². The molecule has 0 aliphatic heterocycles. The molecule has 0 unspecified atom stereocenters. The van der Waals surface area contributed by atoms with Crippen molar-refractivity contribution in [3.63, 3.8) is 0 Å². The molecule has 4 rings (SSSR count). The number of thiazole rings is 1. The van der Waals surface area contributed by atoms with Crippen LogP contribution in [0.5, 0.6) is 0 Å². The van der Waals surface area contributed by atoms with Crippen molar-refractivity contribution in [2.45, 2.75) is 0 Å². The number of ketones is 2. The fourth-order valence-electron chi connectivity index (χ4n) is 2.65. The van der Waals surface area contributed by atoms with Gasteiger partial charge in [-0.05, 0) is 18.2 Å². The molecular weight excluding hydrogens is 410 g/mol. The zero-order valence-corrected chi connectivity index (χ0v) is 15.9. The van der Waals surface area contributed by atoms with Gasteiger partial charge < -0.3 is 0 Å². The Morgan fingerprint density at radius 3 is 2.08 bits per heavy atom. The molecule has 3 nitrogen and oxygen atoms in total. The fourth-order valence-corrected chi connectivity index (χ4v) is 4.13. The maximum Gasteiger partial charge on any atom is 0.221 e. The van der Waals surface area contributed by atoms with Gasteiger partial charge in [-0.2, -0.15) is 0 Å². The number of benzene rings is 3. The van der Waals surface area contributed by atoms with E-state index in [9.17, 15) is 9.59 Å². The van der Waals surface area contributed by atoms with Crippen molar-refractivity contribution >= 4 is 49.0 Å². The van der Waals surface area contributed by atoms with E-state index in [1.54, 1.807) is 36.4 Å². The lowest BCUT2D eigenvalue weighted by Crippen LogP contribution is -2.04. The van der Waals surface area contributed by atoms with Gasteiger partial charge in [0.1, 0.15) is 0 Å². The smallest absolute Gasteiger partial charge is 0.221 e. The molecule has 0 aliphatic carbocycles. The van der Waals surface area contributed by atoms with Crippen LogP contribution < -0.4 is 0 Å². The minimum atomic E-state index is -0.138. The first-order valence-corrected chi connectivity index (χ1v) is 9.53. The zero-order chi connectivity index (χ0) is 18.1. The van der Waals surface area contributed by atoms with Crippen molar-refractivity contribution in [3.05, 3.63) is 99.0 Å². The summed E-state index contributed by atoms with van der Waals surface area (Å²) in [7, 11) is 0. The highest BCUT2D eigenvalue weighted by atomic mass is 79.9. The molecule has 26 heavy (non-hydrogen) atoms. The number of halogens is 1. The van der Waals surface area contributed by atoms with Gasteiger partial charge in [0.2, 0.25) is 5.78 Å². The van der Waals surface area contributed by atoms with Gasteiger partial charge in [0.25, 0.3) is 0 Å². The van der Waals surface area contributed by atoms with Crippen LogP contribution in [0.4, 0.5) is 0 Å². The third kappa shape index (κ3) is 3.23. The Kier molecular flexibility index (Phi) is 4.49. The third-order valence-electron chi connectivity index (χ3n) is 3.99. The lowest BCUT2D eigenvalue weighted by Gasteiger charge is -2.02. The molecule has 5 heteroatoms. The first kappa shape index (κ1) is 16.8. The lowest BCUT2D eigenvalue weighted by atomic mass is 10.0. The van der Waals surface area contributed by atoms with E-state index in [4.69, 9.17) is 0 Å². The Morgan fingerprint density at radius 1 is 0.769 bits per heavy atom. The Balaban J connectivity index is 1.61. The maximum atomic E-state index is 12.7. The van der Waals surface area contributed by atoms with Crippen LogP contribution in [0.2, 0.25) is 0 Å². The van der Waals surface area contributed by atoms with Gasteiger partial charge in [-0.15, -0.1) is 11.3 Å². The summed E-state index contributed by atoms with van der Waals surface area (Å²) in [6.45, 7) is 0. The number of hydrogen-bond donors (Lipinski definition) is 0. The number of hydrogen-bond acceptors (Lipinski definition) is 4. The maximum absolute atomic E-state index is 12.7. The summed E-state index contributed by atoms with van der Waals surface area (Å²) in [4.78, 5) is 29.6. The molecule has 0 radical (unpaired) electrons.